The summed E-state index contributed by atoms with van der Waals surface area (Å²) in [4.78, 5) is 0. The largest absolute Gasteiger partial charge is 0.370 e. The molecule has 0 aliphatic carbocycles. The molecule has 0 aliphatic heterocycles. The summed E-state index contributed by atoms with van der Waals surface area (Å²) in [6, 6.07) is 0. The summed E-state index contributed by atoms with van der Waals surface area (Å²) in [6.07, 6.45) is 1.76. The van der Waals surface area contributed by atoms with E-state index in [0.29, 0.717) is 12.5 Å². The summed E-state index contributed by atoms with van der Waals surface area (Å²) in [5.74, 6) is 1.51. The second kappa shape index (κ2) is 6.67. The van der Waals surface area contributed by atoms with Crippen LogP contribution in [0.3, 0.4) is 0 Å². The minimum Gasteiger partial charge on any atom is -0.370 e. The van der Waals surface area contributed by atoms with Crippen molar-refractivity contribution in [1.29, 1.82) is 0 Å². The van der Waals surface area contributed by atoms with E-state index in [1.54, 1.807) is 10.9 Å². The molecule has 15 heavy (non-hydrogen) atoms. The summed E-state index contributed by atoms with van der Waals surface area (Å²) < 4.78 is 13.9. The van der Waals surface area contributed by atoms with Gasteiger partial charge in [0.25, 0.3) is 0 Å². The Morgan fingerprint density at radius 2 is 2.20 bits per heavy atom. The molecule has 0 unspecified atom stereocenters. The van der Waals surface area contributed by atoms with Crippen molar-refractivity contribution in [3.63, 3.8) is 0 Å². The van der Waals surface area contributed by atoms with Crippen LogP contribution in [0.5, 0.6) is 0 Å². The lowest BCUT2D eigenvalue weighted by molar-refractivity contribution is 0.429. The van der Waals surface area contributed by atoms with Gasteiger partial charge in [-0.2, -0.15) is 5.10 Å². The molecule has 0 saturated carbocycles. The number of hydrogen-bond donors (Lipinski definition) is 1. The Hall–Kier alpha value is -0.770. The first-order valence-electron chi connectivity index (χ1n) is 4.97. The first-order chi connectivity index (χ1) is 6.65. The number of rotatable bonds is 5. The number of hydrogen-bond acceptors (Lipinski definition) is 2. The highest BCUT2D eigenvalue weighted by molar-refractivity contribution is 5.85. The quantitative estimate of drug-likeness (QED) is 0.851. The Morgan fingerprint density at radius 3 is 2.73 bits per heavy atom. The van der Waals surface area contributed by atoms with Gasteiger partial charge in [-0.3, -0.25) is 0 Å². The lowest BCUT2D eigenvalue weighted by Gasteiger charge is -2.11. The van der Waals surface area contributed by atoms with Crippen molar-refractivity contribution in [2.75, 3.05) is 18.5 Å². The molecule has 88 valence electrons. The zero-order valence-electron chi connectivity index (χ0n) is 9.46. The predicted octanol–water partition coefficient (Wildman–Crippen LogP) is 2.65. The molecule has 0 atom stereocenters. The van der Waals surface area contributed by atoms with E-state index in [1.807, 2.05) is 6.92 Å². The molecule has 1 aromatic heterocycles. The molecule has 0 spiro atoms. The van der Waals surface area contributed by atoms with Gasteiger partial charge in [0.15, 0.2) is 0 Å². The zero-order chi connectivity index (χ0) is 10.6. The van der Waals surface area contributed by atoms with Gasteiger partial charge < -0.3 is 5.32 Å². The monoisotopic (exact) mass is 235 g/mol. The molecular weight excluding hydrogens is 217 g/mol. The molecule has 0 aromatic carbocycles. The first kappa shape index (κ1) is 14.2. The van der Waals surface area contributed by atoms with Gasteiger partial charge in [0.2, 0.25) is 0 Å². The van der Waals surface area contributed by atoms with Crippen LogP contribution in [0.2, 0.25) is 0 Å². The van der Waals surface area contributed by atoms with Crippen molar-refractivity contribution in [3.05, 3.63) is 11.8 Å². The average molecular weight is 236 g/mol. The van der Waals surface area contributed by atoms with Crippen LogP contribution in [-0.2, 0) is 6.54 Å². The SMILES string of the molecule is Cc1cnn(CCF)c1NCC(C)C.Cl. The van der Waals surface area contributed by atoms with Crippen LogP contribution in [0.25, 0.3) is 0 Å². The molecule has 1 N–H and O–H groups in total. The number of alkyl halides is 1. The van der Waals surface area contributed by atoms with E-state index in [4.69, 9.17) is 0 Å². The van der Waals surface area contributed by atoms with E-state index in [1.165, 1.54) is 0 Å². The third-order valence-corrected chi connectivity index (χ3v) is 2.00. The van der Waals surface area contributed by atoms with Gasteiger partial charge in [0.1, 0.15) is 12.5 Å². The van der Waals surface area contributed by atoms with Crippen molar-refractivity contribution in [3.8, 4) is 0 Å². The lowest BCUT2D eigenvalue weighted by Crippen LogP contribution is -2.14. The summed E-state index contributed by atoms with van der Waals surface area (Å²) in [5.41, 5.74) is 1.07. The molecule has 1 heterocycles. The van der Waals surface area contributed by atoms with Gasteiger partial charge in [-0.05, 0) is 12.8 Å². The molecule has 0 fully saturated rings. The minimum atomic E-state index is -0.378. The fourth-order valence-electron chi connectivity index (χ4n) is 1.26. The highest BCUT2D eigenvalue weighted by Gasteiger charge is 2.06. The number of aryl methyl sites for hydroxylation is 2. The molecule has 0 saturated heterocycles. The van der Waals surface area contributed by atoms with Crippen LogP contribution in [0.1, 0.15) is 19.4 Å². The Balaban J connectivity index is 0.00000196. The number of anilines is 1. The smallest absolute Gasteiger partial charge is 0.127 e. The number of nitrogens with one attached hydrogen (secondary N) is 1. The maximum Gasteiger partial charge on any atom is 0.127 e. The average Bonchev–Trinajstić information content (AvgIpc) is 2.45. The van der Waals surface area contributed by atoms with Crippen LogP contribution in [-0.4, -0.2) is 23.0 Å². The molecule has 0 aliphatic rings. The number of nitrogens with zero attached hydrogens (tertiary/aromatic N) is 2. The van der Waals surface area contributed by atoms with Crippen LogP contribution in [0.15, 0.2) is 6.20 Å². The summed E-state index contributed by atoms with van der Waals surface area (Å²) >= 11 is 0. The second-order valence-electron chi connectivity index (χ2n) is 3.86. The molecule has 1 aromatic rings. The lowest BCUT2D eigenvalue weighted by atomic mass is 10.2. The fourth-order valence-corrected chi connectivity index (χ4v) is 1.26. The van der Waals surface area contributed by atoms with E-state index >= 15 is 0 Å². The van der Waals surface area contributed by atoms with E-state index in [2.05, 4.69) is 24.3 Å². The molecule has 0 bridgehead atoms. The Labute approximate surface area is 96.5 Å². The summed E-state index contributed by atoms with van der Waals surface area (Å²) in [6.45, 7) is 7.09. The Bertz CT molecular complexity index is 286. The van der Waals surface area contributed by atoms with E-state index in [9.17, 15) is 4.39 Å². The van der Waals surface area contributed by atoms with Crippen LogP contribution in [0.4, 0.5) is 10.2 Å². The second-order valence-corrected chi connectivity index (χ2v) is 3.86. The predicted molar refractivity (Wildman–Crippen MR) is 63.5 cm³/mol. The molecule has 0 radical (unpaired) electrons. The zero-order valence-corrected chi connectivity index (χ0v) is 10.3. The molecule has 1 rings (SSSR count). The Morgan fingerprint density at radius 1 is 1.53 bits per heavy atom. The topological polar surface area (TPSA) is 29.9 Å². The van der Waals surface area contributed by atoms with Gasteiger partial charge in [0, 0.05) is 12.1 Å². The number of halogens is 2. The molecular formula is C10H19ClFN3. The maximum absolute atomic E-state index is 12.2. The first-order valence-corrected chi connectivity index (χ1v) is 4.97. The van der Waals surface area contributed by atoms with E-state index < -0.39 is 0 Å². The van der Waals surface area contributed by atoms with E-state index in [-0.39, 0.29) is 19.1 Å². The van der Waals surface area contributed by atoms with Crippen molar-refractivity contribution >= 4 is 18.2 Å². The minimum absolute atomic E-state index is 0. The summed E-state index contributed by atoms with van der Waals surface area (Å²) in [7, 11) is 0. The van der Waals surface area contributed by atoms with E-state index in [0.717, 1.165) is 17.9 Å². The van der Waals surface area contributed by atoms with Crippen LogP contribution < -0.4 is 5.32 Å². The number of aromatic nitrogens is 2. The normalized spacial score (nSPS) is 10.2. The van der Waals surface area contributed by atoms with Crippen molar-refractivity contribution in [2.24, 2.45) is 5.92 Å². The highest BCUT2D eigenvalue weighted by atomic mass is 35.5. The summed E-state index contributed by atoms with van der Waals surface area (Å²) in [5, 5.41) is 7.38. The van der Waals surface area contributed by atoms with Gasteiger partial charge >= 0.3 is 0 Å². The molecule has 3 nitrogen and oxygen atoms in total. The third-order valence-electron chi connectivity index (χ3n) is 2.00. The Kier molecular flexibility index (Phi) is 6.32. The van der Waals surface area contributed by atoms with Crippen LogP contribution >= 0.6 is 12.4 Å². The van der Waals surface area contributed by atoms with Crippen LogP contribution in [0, 0.1) is 12.8 Å². The van der Waals surface area contributed by atoms with Crippen molar-refractivity contribution < 1.29 is 4.39 Å². The van der Waals surface area contributed by atoms with Gasteiger partial charge in [0.05, 0.1) is 12.7 Å². The van der Waals surface area contributed by atoms with Gasteiger partial charge in [-0.1, -0.05) is 13.8 Å². The highest BCUT2D eigenvalue weighted by Crippen LogP contribution is 2.14. The van der Waals surface area contributed by atoms with Gasteiger partial charge in [-0.25, -0.2) is 9.07 Å². The van der Waals surface area contributed by atoms with Crippen molar-refractivity contribution in [1.82, 2.24) is 9.78 Å². The fraction of sp³-hybridized carbons (Fsp3) is 0.700. The maximum atomic E-state index is 12.2. The van der Waals surface area contributed by atoms with Crippen molar-refractivity contribution in [2.45, 2.75) is 27.3 Å². The van der Waals surface area contributed by atoms with Gasteiger partial charge in [-0.15, -0.1) is 12.4 Å². The molecule has 5 heteroatoms. The third kappa shape index (κ3) is 4.08. The molecule has 0 amide bonds. The standard InChI is InChI=1S/C10H18FN3.ClH/c1-8(2)6-12-10-9(3)7-13-14(10)5-4-11;/h7-8,12H,4-6H2,1-3H3;1H.